The maximum Gasteiger partial charge on any atom is 0.122 e. The smallest absolute Gasteiger partial charge is 0.122 e. The molecule has 0 aromatic heterocycles. The third kappa shape index (κ3) is 4.25. The Bertz CT molecular complexity index is 467. The lowest BCUT2D eigenvalue weighted by atomic mass is 9.76. The Balaban J connectivity index is 2.06. The van der Waals surface area contributed by atoms with Crippen LogP contribution < -0.4 is 4.74 Å². The van der Waals surface area contributed by atoms with Crippen LogP contribution in [0.1, 0.15) is 64.0 Å². The Labute approximate surface area is 138 Å². The van der Waals surface area contributed by atoms with Gasteiger partial charge in [0, 0.05) is 10.7 Å². The zero-order chi connectivity index (χ0) is 15.5. The van der Waals surface area contributed by atoms with Crippen molar-refractivity contribution in [2.75, 3.05) is 11.9 Å². The van der Waals surface area contributed by atoms with Crippen molar-refractivity contribution in [1.82, 2.24) is 0 Å². The van der Waals surface area contributed by atoms with E-state index in [1.807, 2.05) is 0 Å². The molecule has 1 aromatic carbocycles. The lowest BCUT2D eigenvalue weighted by molar-refractivity contribution is 0.121. The Morgan fingerprint density at radius 1 is 1.14 bits per heavy atom. The van der Waals surface area contributed by atoms with Crippen molar-refractivity contribution in [3.05, 3.63) is 29.3 Å². The van der Waals surface area contributed by atoms with E-state index in [0.29, 0.717) is 5.41 Å². The second kappa shape index (κ2) is 6.73. The molecule has 21 heavy (non-hydrogen) atoms. The van der Waals surface area contributed by atoms with Crippen LogP contribution in [0, 0.1) is 12.3 Å². The van der Waals surface area contributed by atoms with Crippen molar-refractivity contribution < 1.29 is 4.74 Å². The van der Waals surface area contributed by atoms with Gasteiger partial charge < -0.3 is 4.74 Å². The summed E-state index contributed by atoms with van der Waals surface area (Å²) >= 11 is 3.72. The SMILES string of the molecule is Cc1cc(C(C)(C)C)ccc1OCC1(CBr)CCCCC1. The summed E-state index contributed by atoms with van der Waals surface area (Å²) < 4.78 is 6.21. The quantitative estimate of drug-likeness (QED) is 0.602. The minimum Gasteiger partial charge on any atom is -0.493 e. The van der Waals surface area contributed by atoms with Gasteiger partial charge in [-0.3, -0.25) is 0 Å². The van der Waals surface area contributed by atoms with E-state index in [0.717, 1.165) is 17.7 Å². The molecule has 0 N–H and O–H groups in total. The van der Waals surface area contributed by atoms with Gasteiger partial charge in [0.05, 0.1) is 6.61 Å². The van der Waals surface area contributed by atoms with Gasteiger partial charge in [-0.25, -0.2) is 0 Å². The third-order valence-corrected chi connectivity index (χ3v) is 5.96. The summed E-state index contributed by atoms with van der Waals surface area (Å²) in [7, 11) is 0. The lowest BCUT2D eigenvalue weighted by Crippen LogP contribution is -2.32. The molecule has 0 unspecified atom stereocenters. The number of hydrogen-bond acceptors (Lipinski definition) is 1. The number of halogens is 1. The van der Waals surface area contributed by atoms with E-state index in [9.17, 15) is 0 Å². The van der Waals surface area contributed by atoms with E-state index in [1.165, 1.54) is 43.2 Å². The molecule has 0 radical (unpaired) electrons. The van der Waals surface area contributed by atoms with Crippen LogP contribution in [-0.4, -0.2) is 11.9 Å². The third-order valence-electron chi connectivity index (χ3n) is 4.77. The average Bonchev–Trinajstić information content (AvgIpc) is 2.46. The fourth-order valence-corrected chi connectivity index (χ4v) is 3.85. The number of benzene rings is 1. The standard InChI is InChI=1S/C19H29BrO/c1-15-12-16(18(2,3)4)8-9-17(15)21-14-19(13-20)10-6-5-7-11-19/h8-9,12H,5-7,10-11,13-14H2,1-4H3. The maximum absolute atomic E-state index is 6.21. The summed E-state index contributed by atoms with van der Waals surface area (Å²) in [6, 6.07) is 6.64. The molecule has 1 aliphatic rings. The van der Waals surface area contributed by atoms with Crippen molar-refractivity contribution in [1.29, 1.82) is 0 Å². The molecule has 1 aliphatic carbocycles. The van der Waals surface area contributed by atoms with Gasteiger partial charge in [0.2, 0.25) is 0 Å². The van der Waals surface area contributed by atoms with Crippen LogP contribution in [-0.2, 0) is 5.41 Å². The summed E-state index contributed by atoms with van der Waals surface area (Å²) in [6.07, 6.45) is 6.65. The molecule has 1 aromatic rings. The number of rotatable bonds is 4. The number of alkyl halides is 1. The molecule has 0 aliphatic heterocycles. The Hall–Kier alpha value is -0.500. The molecular formula is C19H29BrO. The highest BCUT2D eigenvalue weighted by Gasteiger charge is 2.32. The van der Waals surface area contributed by atoms with Crippen molar-refractivity contribution in [2.45, 2.75) is 65.2 Å². The lowest BCUT2D eigenvalue weighted by Gasteiger charge is -2.35. The Morgan fingerprint density at radius 2 is 1.81 bits per heavy atom. The molecule has 1 saturated carbocycles. The van der Waals surface area contributed by atoms with Crippen LogP contribution in [0.25, 0.3) is 0 Å². The van der Waals surface area contributed by atoms with Crippen molar-refractivity contribution in [3.63, 3.8) is 0 Å². The molecule has 0 atom stereocenters. The second-order valence-electron chi connectivity index (χ2n) is 7.71. The maximum atomic E-state index is 6.21. The molecule has 1 fully saturated rings. The summed E-state index contributed by atoms with van der Waals surface area (Å²) in [6.45, 7) is 9.76. The van der Waals surface area contributed by atoms with Crippen LogP contribution in [0.5, 0.6) is 5.75 Å². The topological polar surface area (TPSA) is 9.23 Å². The molecular weight excluding hydrogens is 324 g/mol. The van der Waals surface area contributed by atoms with E-state index < -0.39 is 0 Å². The van der Waals surface area contributed by atoms with Crippen LogP contribution in [0.3, 0.4) is 0 Å². The molecule has 2 rings (SSSR count). The first-order chi connectivity index (χ1) is 9.86. The normalized spacial score (nSPS) is 18.5. The average molecular weight is 353 g/mol. The molecule has 0 amide bonds. The van der Waals surface area contributed by atoms with Crippen LogP contribution in [0.15, 0.2) is 18.2 Å². The second-order valence-corrected chi connectivity index (χ2v) is 8.27. The molecule has 0 spiro atoms. The van der Waals surface area contributed by atoms with Gasteiger partial charge >= 0.3 is 0 Å². The number of ether oxygens (including phenoxy) is 1. The van der Waals surface area contributed by atoms with Gasteiger partial charge in [0.25, 0.3) is 0 Å². The zero-order valence-electron chi connectivity index (χ0n) is 14.0. The fraction of sp³-hybridized carbons (Fsp3) is 0.684. The van der Waals surface area contributed by atoms with Crippen LogP contribution >= 0.6 is 15.9 Å². The largest absolute Gasteiger partial charge is 0.493 e. The van der Waals surface area contributed by atoms with E-state index in [4.69, 9.17) is 4.74 Å². The number of hydrogen-bond donors (Lipinski definition) is 0. The zero-order valence-corrected chi connectivity index (χ0v) is 15.6. The molecule has 0 saturated heterocycles. The Kier molecular flexibility index (Phi) is 5.40. The fourth-order valence-electron chi connectivity index (χ4n) is 3.13. The molecule has 2 heteroatoms. The van der Waals surface area contributed by atoms with Crippen molar-refractivity contribution >= 4 is 15.9 Å². The first-order valence-corrected chi connectivity index (χ1v) is 9.28. The van der Waals surface area contributed by atoms with Gasteiger partial charge in [-0.15, -0.1) is 0 Å². The van der Waals surface area contributed by atoms with Gasteiger partial charge in [-0.1, -0.05) is 68.1 Å². The van der Waals surface area contributed by atoms with Gasteiger partial charge in [0.1, 0.15) is 5.75 Å². The summed E-state index contributed by atoms with van der Waals surface area (Å²) in [5.41, 5.74) is 3.17. The molecule has 0 heterocycles. The minimum absolute atomic E-state index is 0.198. The summed E-state index contributed by atoms with van der Waals surface area (Å²) in [5, 5.41) is 1.05. The molecule has 1 nitrogen and oxygen atoms in total. The van der Waals surface area contributed by atoms with Crippen molar-refractivity contribution in [3.8, 4) is 5.75 Å². The van der Waals surface area contributed by atoms with E-state index in [-0.39, 0.29) is 5.41 Å². The first kappa shape index (κ1) is 16.9. The predicted octanol–water partition coefficient (Wildman–Crippen LogP) is 6.02. The molecule has 118 valence electrons. The minimum atomic E-state index is 0.198. The van der Waals surface area contributed by atoms with Crippen LogP contribution in [0.4, 0.5) is 0 Å². The van der Waals surface area contributed by atoms with Crippen LogP contribution in [0.2, 0.25) is 0 Å². The van der Waals surface area contributed by atoms with Gasteiger partial charge in [-0.05, 0) is 42.4 Å². The highest BCUT2D eigenvalue weighted by Crippen LogP contribution is 2.39. The monoisotopic (exact) mass is 352 g/mol. The number of aryl methyl sites for hydroxylation is 1. The first-order valence-electron chi connectivity index (χ1n) is 8.16. The molecule has 0 bridgehead atoms. The van der Waals surface area contributed by atoms with Gasteiger partial charge in [-0.2, -0.15) is 0 Å². The predicted molar refractivity (Wildman–Crippen MR) is 94.7 cm³/mol. The summed E-state index contributed by atoms with van der Waals surface area (Å²) in [5.74, 6) is 1.05. The van der Waals surface area contributed by atoms with E-state index in [1.54, 1.807) is 0 Å². The Morgan fingerprint density at radius 3 is 2.33 bits per heavy atom. The van der Waals surface area contributed by atoms with Gasteiger partial charge in [0.15, 0.2) is 0 Å². The van der Waals surface area contributed by atoms with Crippen molar-refractivity contribution in [2.24, 2.45) is 5.41 Å². The highest BCUT2D eigenvalue weighted by atomic mass is 79.9. The van der Waals surface area contributed by atoms with E-state index >= 15 is 0 Å². The highest BCUT2D eigenvalue weighted by molar-refractivity contribution is 9.09. The summed E-state index contributed by atoms with van der Waals surface area (Å²) in [4.78, 5) is 0. The van der Waals surface area contributed by atoms with E-state index in [2.05, 4.69) is 61.8 Å².